The quantitative estimate of drug-likeness (QED) is 0.668. The number of aromatic nitrogens is 1. The number of fused-ring (bicyclic) bond motifs is 1. The van der Waals surface area contributed by atoms with E-state index in [9.17, 15) is 9.90 Å². The van der Waals surface area contributed by atoms with Crippen molar-refractivity contribution in [2.45, 2.75) is 19.1 Å². The van der Waals surface area contributed by atoms with Gasteiger partial charge in [-0.3, -0.25) is 4.98 Å². The molecule has 24 heavy (non-hydrogen) atoms. The van der Waals surface area contributed by atoms with Crippen molar-refractivity contribution < 1.29 is 9.90 Å². The van der Waals surface area contributed by atoms with Crippen LogP contribution < -0.4 is 10.6 Å². The summed E-state index contributed by atoms with van der Waals surface area (Å²) in [5.41, 5.74) is 1.54. The van der Waals surface area contributed by atoms with Gasteiger partial charge in [0.15, 0.2) is 0 Å². The Morgan fingerprint density at radius 3 is 2.88 bits per heavy atom. The van der Waals surface area contributed by atoms with Crippen LogP contribution in [-0.4, -0.2) is 22.7 Å². The molecule has 0 spiro atoms. The van der Waals surface area contributed by atoms with Crippen molar-refractivity contribution in [3.63, 3.8) is 0 Å². The Hall–Kier alpha value is -2.44. The number of aliphatic hydroxyl groups is 1. The van der Waals surface area contributed by atoms with Gasteiger partial charge in [0.1, 0.15) is 5.60 Å². The number of para-hydroxylation sites is 1. The van der Waals surface area contributed by atoms with E-state index in [1.165, 1.54) is 11.3 Å². The van der Waals surface area contributed by atoms with E-state index in [1.54, 1.807) is 13.1 Å². The van der Waals surface area contributed by atoms with Crippen LogP contribution in [0.15, 0.2) is 53.4 Å². The number of rotatable bonds is 5. The zero-order valence-corrected chi connectivity index (χ0v) is 14.1. The number of hydrogen-bond donors (Lipinski definition) is 3. The third-order valence-electron chi connectivity index (χ3n) is 3.89. The summed E-state index contributed by atoms with van der Waals surface area (Å²) < 4.78 is 0. The van der Waals surface area contributed by atoms with Crippen molar-refractivity contribution in [3.8, 4) is 0 Å². The predicted molar refractivity (Wildman–Crippen MR) is 95.9 cm³/mol. The van der Waals surface area contributed by atoms with Crippen LogP contribution in [0.25, 0.3) is 10.9 Å². The second-order valence-corrected chi connectivity index (χ2v) is 6.59. The Morgan fingerprint density at radius 1 is 1.25 bits per heavy atom. The number of carbonyl (C=O) groups is 1. The molecule has 2 amide bonds. The molecular weight excluding hydrogens is 322 g/mol. The maximum atomic E-state index is 12.0. The average molecular weight is 341 g/mol. The first-order chi connectivity index (χ1) is 11.6. The van der Waals surface area contributed by atoms with E-state index in [-0.39, 0.29) is 12.6 Å². The molecule has 0 aliphatic carbocycles. The molecule has 3 aromatic rings. The molecule has 1 aromatic carbocycles. The van der Waals surface area contributed by atoms with E-state index >= 15 is 0 Å². The Kier molecular flexibility index (Phi) is 4.78. The minimum absolute atomic E-state index is 0.142. The Bertz CT molecular complexity index is 826. The van der Waals surface area contributed by atoms with Crippen molar-refractivity contribution in [1.82, 2.24) is 15.6 Å². The largest absolute Gasteiger partial charge is 0.384 e. The highest BCUT2D eigenvalue weighted by Gasteiger charge is 2.24. The van der Waals surface area contributed by atoms with Gasteiger partial charge in [0.05, 0.1) is 12.1 Å². The third kappa shape index (κ3) is 3.72. The summed E-state index contributed by atoms with van der Waals surface area (Å²) in [6.07, 6.45) is 1.74. The lowest BCUT2D eigenvalue weighted by Gasteiger charge is -2.22. The minimum atomic E-state index is -1.08. The number of benzene rings is 1. The van der Waals surface area contributed by atoms with Crippen LogP contribution in [0.3, 0.4) is 0 Å². The highest BCUT2D eigenvalue weighted by molar-refractivity contribution is 7.08. The monoisotopic (exact) mass is 341 g/mol. The van der Waals surface area contributed by atoms with Gasteiger partial charge in [-0.2, -0.15) is 11.3 Å². The maximum absolute atomic E-state index is 12.0. The van der Waals surface area contributed by atoms with Crippen LogP contribution in [-0.2, 0) is 12.1 Å². The molecular formula is C18H19N3O2S. The molecule has 0 aliphatic heterocycles. The summed E-state index contributed by atoms with van der Waals surface area (Å²) >= 11 is 1.51. The SMILES string of the molecule is CC(O)(CNC(=O)NCc1cccc2cccnc12)c1ccsc1. The Morgan fingerprint density at radius 2 is 2.08 bits per heavy atom. The topological polar surface area (TPSA) is 74.2 Å². The molecule has 3 rings (SSSR count). The standard InChI is InChI=1S/C18H19N3O2S/c1-18(23,15-7-9-24-11-15)12-21-17(22)20-10-14-5-2-4-13-6-3-8-19-16(13)14/h2-9,11,23H,10,12H2,1H3,(H2,20,21,22). The smallest absolute Gasteiger partial charge is 0.315 e. The molecule has 0 radical (unpaired) electrons. The number of thiophene rings is 1. The van der Waals surface area contributed by atoms with Crippen molar-refractivity contribution in [3.05, 3.63) is 64.5 Å². The lowest BCUT2D eigenvalue weighted by atomic mass is 9.99. The molecule has 124 valence electrons. The van der Waals surface area contributed by atoms with Gasteiger partial charge in [0.2, 0.25) is 0 Å². The van der Waals surface area contributed by atoms with Gasteiger partial charge in [-0.1, -0.05) is 24.3 Å². The fraction of sp³-hybridized carbons (Fsp3) is 0.222. The first kappa shape index (κ1) is 16.4. The van der Waals surface area contributed by atoms with E-state index < -0.39 is 5.60 Å². The number of carbonyl (C=O) groups excluding carboxylic acids is 1. The van der Waals surface area contributed by atoms with E-state index in [4.69, 9.17) is 0 Å². The second kappa shape index (κ2) is 6.98. The molecule has 1 atom stereocenters. The van der Waals surface area contributed by atoms with E-state index in [1.807, 2.05) is 47.2 Å². The Labute approximate surface area is 144 Å². The number of nitrogens with zero attached hydrogens (tertiary/aromatic N) is 1. The van der Waals surface area contributed by atoms with E-state index in [0.29, 0.717) is 6.54 Å². The van der Waals surface area contributed by atoms with Crippen molar-refractivity contribution in [2.75, 3.05) is 6.54 Å². The lowest BCUT2D eigenvalue weighted by Crippen LogP contribution is -2.43. The summed E-state index contributed by atoms with van der Waals surface area (Å²) in [4.78, 5) is 16.4. The zero-order valence-electron chi connectivity index (χ0n) is 13.3. The zero-order chi connectivity index (χ0) is 17.0. The minimum Gasteiger partial charge on any atom is -0.384 e. The van der Waals surface area contributed by atoms with Crippen LogP contribution in [0.4, 0.5) is 4.79 Å². The summed E-state index contributed by atoms with van der Waals surface area (Å²) in [6, 6.07) is 11.3. The summed E-state index contributed by atoms with van der Waals surface area (Å²) in [7, 11) is 0. The molecule has 0 saturated heterocycles. The van der Waals surface area contributed by atoms with E-state index in [2.05, 4.69) is 15.6 Å². The molecule has 2 aromatic heterocycles. The van der Waals surface area contributed by atoms with Gasteiger partial charge in [-0.25, -0.2) is 4.79 Å². The van der Waals surface area contributed by atoms with Crippen LogP contribution in [0.1, 0.15) is 18.1 Å². The lowest BCUT2D eigenvalue weighted by molar-refractivity contribution is 0.0598. The number of amides is 2. The molecule has 0 fully saturated rings. The molecule has 0 bridgehead atoms. The van der Waals surface area contributed by atoms with Crippen molar-refractivity contribution in [1.29, 1.82) is 0 Å². The molecule has 2 heterocycles. The van der Waals surface area contributed by atoms with Gasteiger partial charge >= 0.3 is 6.03 Å². The van der Waals surface area contributed by atoms with Crippen LogP contribution in [0, 0.1) is 0 Å². The van der Waals surface area contributed by atoms with Gasteiger partial charge in [0.25, 0.3) is 0 Å². The molecule has 6 heteroatoms. The number of pyridine rings is 1. The highest BCUT2D eigenvalue weighted by atomic mass is 32.1. The normalized spacial score (nSPS) is 13.4. The summed E-state index contributed by atoms with van der Waals surface area (Å²) in [5.74, 6) is 0. The summed E-state index contributed by atoms with van der Waals surface area (Å²) in [6.45, 7) is 2.20. The molecule has 3 N–H and O–H groups in total. The van der Waals surface area contributed by atoms with E-state index in [0.717, 1.165) is 22.0 Å². The average Bonchev–Trinajstić information content (AvgIpc) is 3.14. The fourth-order valence-corrected chi connectivity index (χ4v) is 3.26. The van der Waals surface area contributed by atoms with Gasteiger partial charge < -0.3 is 15.7 Å². The van der Waals surface area contributed by atoms with Gasteiger partial charge in [0, 0.05) is 18.1 Å². The molecule has 5 nitrogen and oxygen atoms in total. The third-order valence-corrected chi connectivity index (χ3v) is 4.58. The number of urea groups is 1. The van der Waals surface area contributed by atoms with Crippen LogP contribution >= 0.6 is 11.3 Å². The molecule has 1 unspecified atom stereocenters. The molecule has 0 saturated carbocycles. The molecule has 0 aliphatic rings. The number of nitrogens with one attached hydrogen (secondary N) is 2. The fourth-order valence-electron chi connectivity index (χ4n) is 2.47. The van der Waals surface area contributed by atoms with Crippen molar-refractivity contribution in [2.24, 2.45) is 0 Å². The van der Waals surface area contributed by atoms with Crippen molar-refractivity contribution >= 4 is 28.3 Å². The summed E-state index contributed by atoms with van der Waals surface area (Å²) in [5, 5.41) is 20.7. The maximum Gasteiger partial charge on any atom is 0.315 e. The first-order valence-corrected chi connectivity index (χ1v) is 8.60. The Balaban J connectivity index is 1.58. The number of hydrogen-bond acceptors (Lipinski definition) is 4. The van der Waals surface area contributed by atoms with Crippen LogP contribution in [0.2, 0.25) is 0 Å². The van der Waals surface area contributed by atoms with Gasteiger partial charge in [-0.05, 0) is 40.9 Å². The van der Waals surface area contributed by atoms with Crippen LogP contribution in [0.5, 0.6) is 0 Å². The first-order valence-electron chi connectivity index (χ1n) is 7.66. The predicted octanol–water partition coefficient (Wildman–Crippen LogP) is 3.00. The second-order valence-electron chi connectivity index (χ2n) is 5.81. The van der Waals surface area contributed by atoms with Gasteiger partial charge in [-0.15, -0.1) is 0 Å². The highest BCUT2D eigenvalue weighted by Crippen LogP contribution is 2.22.